The summed E-state index contributed by atoms with van der Waals surface area (Å²) in [4.78, 5) is 19.0. The first-order chi connectivity index (χ1) is 12.7. The maximum atomic E-state index is 12.6. The van der Waals surface area contributed by atoms with Crippen molar-refractivity contribution in [1.29, 1.82) is 0 Å². The Bertz CT molecular complexity index is 659. The molecule has 1 aliphatic heterocycles. The SMILES string of the molecule is CN=C(NC1CCN(C(=O)C2CCCC2)C1)NC1CC1c1ccccc1.I. The number of hydrogen-bond donors (Lipinski definition) is 2. The topological polar surface area (TPSA) is 56.7 Å². The normalized spacial score (nSPS) is 28.0. The minimum atomic E-state index is 0. The molecule has 4 rings (SSSR count). The van der Waals surface area contributed by atoms with Gasteiger partial charge in [-0.15, -0.1) is 24.0 Å². The highest BCUT2D eigenvalue weighted by molar-refractivity contribution is 14.0. The first-order valence-electron chi connectivity index (χ1n) is 10.1. The van der Waals surface area contributed by atoms with E-state index in [9.17, 15) is 4.79 Å². The van der Waals surface area contributed by atoms with E-state index in [1.807, 2.05) is 7.05 Å². The summed E-state index contributed by atoms with van der Waals surface area (Å²) >= 11 is 0. The van der Waals surface area contributed by atoms with Crippen molar-refractivity contribution in [3.63, 3.8) is 0 Å². The van der Waals surface area contributed by atoms with Crippen LogP contribution in [0.25, 0.3) is 0 Å². The van der Waals surface area contributed by atoms with Gasteiger partial charge in [0.2, 0.25) is 5.91 Å². The second-order valence-corrected chi connectivity index (χ2v) is 7.97. The number of carbonyl (C=O) groups excluding carboxylic acids is 1. The summed E-state index contributed by atoms with van der Waals surface area (Å²) in [5.74, 6) is 2.11. The van der Waals surface area contributed by atoms with Crippen LogP contribution in [0.2, 0.25) is 0 Å². The second kappa shape index (κ2) is 9.26. The number of guanidine groups is 1. The lowest BCUT2D eigenvalue weighted by molar-refractivity contribution is -0.134. The van der Waals surface area contributed by atoms with E-state index in [0.29, 0.717) is 23.9 Å². The zero-order valence-electron chi connectivity index (χ0n) is 16.1. The van der Waals surface area contributed by atoms with Gasteiger partial charge in [-0.05, 0) is 31.2 Å². The van der Waals surface area contributed by atoms with Crippen molar-refractivity contribution in [2.24, 2.45) is 10.9 Å². The summed E-state index contributed by atoms with van der Waals surface area (Å²) in [5, 5.41) is 7.08. The number of likely N-dealkylation sites (tertiary alicyclic amines) is 1. The van der Waals surface area contributed by atoms with Crippen LogP contribution in [0.4, 0.5) is 0 Å². The molecule has 0 spiro atoms. The minimum Gasteiger partial charge on any atom is -0.353 e. The molecular formula is C21H31IN4O. The van der Waals surface area contributed by atoms with Crippen molar-refractivity contribution in [3.05, 3.63) is 35.9 Å². The Morgan fingerprint density at radius 2 is 1.85 bits per heavy atom. The van der Waals surface area contributed by atoms with Crippen LogP contribution in [-0.4, -0.2) is 49.0 Å². The Morgan fingerprint density at radius 1 is 1.11 bits per heavy atom. The third-order valence-corrected chi connectivity index (χ3v) is 6.11. The van der Waals surface area contributed by atoms with Gasteiger partial charge in [0.15, 0.2) is 5.96 Å². The number of nitrogens with one attached hydrogen (secondary N) is 2. The average Bonchev–Trinajstić information content (AvgIpc) is 3.05. The highest BCUT2D eigenvalue weighted by atomic mass is 127. The summed E-state index contributed by atoms with van der Waals surface area (Å²) in [7, 11) is 1.83. The third kappa shape index (κ3) is 4.95. The molecule has 1 aromatic carbocycles. The van der Waals surface area contributed by atoms with Gasteiger partial charge in [0.05, 0.1) is 0 Å². The standard InChI is InChI=1S/C21H30N4O.HI/c1-22-21(24-19-13-18(19)15-7-3-2-4-8-15)23-17-11-12-25(14-17)20(26)16-9-5-6-10-16;/h2-4,7-8,16-19H,5-6,9-14H2,1H3,(H2,22,23,24);1H. The van der Waals surface area contributed by atoms with Gasteiger partial charge in [-0.2, -0.15) is 0 Å². The third-order valence-electron chi connectivity index (χ3n) is 6.11. The molecule has 3 fully saturated rings. The van der Waals surface area contributed by atoms with E-state index in [2.05, 4.69) is 50.9 Å². The van der Waals surface area contributed by atoms with E-state index < -0.39 is 0 Å². The van der Waals surface area contributed by atoms with Crippen molar-refractivity contribution in [2.75, 3.05) is 20.1 Å². The molecule has 3 atom stereocenters. The number of amides is 1. The van der Waals surface area contributed by atoms with E-state index in [1.54, 1.807) is 0 Å². The predicted octanol–water partition coefficient (Wildman–Crippen LogP) is 3.12. The van der Waals surface area contributed by atoms with Gasteiger partial charge < -0.3 is 15.5 Å². The van der Waals surface area contributed by atoms with Crippen LogP contribution in [0.3, 0.4) is 0 Å². The molecule has 3 aliphatic rings. The Hall–Kier alpha value is -1.31. The number of nitrogens with zero attached hydrogens (tertiary/aromatic N) is 2. The molecule has 6 heteroatoms. The van der Waals surface area contributed by atoms with E-state index >= 15 is 0 Å². The van der Waals surface area contributed by atoms with Gasteiger partial charge in [-0.1, -0.05) is 43.2 Å². The summed E-state index contributed by atoms with van der Waals surface area (Å²) in [6, 6.07) is 11.4. The maximum absolute atomic E-state index is 12.6. The number of hydrogen-bond acceptors (Lipinski definition) is 2. The van der Waals surface area contributed by atoms with Crippen LogP contribution in [0.5, 0.6) is 0 Å². The Balaban J connectivity index is 0.00000210. The lowest BCUT2D eigenvalue weighted by Gasteiger charge is -2.21. The first-order valence-corrected chi connectivity index (χ1v) is 10.1. The molecule has 27 heavy (non-hydrogen) atoms. The summed E-state index contributed by atoms with van der Waals surface area (Å²) in [6.07, 6.45) is 6.75. The van der Waals surface area contributed by atoms with Crippen LogP contribution >= 0.6 is 24.0 Å². The monoisotopic (exact) mass is 482 g/mol. The molecule has 5 nitrogen and oxygen atoms in total. The summed E-state index contributed by atoms with van der Waals surface area (Å²) in [6.45, 7) is 1.68. The zero-order chi connectivity index (χ0) is 17.9. The Kier molecular flexibility index (Phi) is 7.00. The van der Waals surface area contributed by atoms with E-state index in [-0.39, 0.29) is 29.9 Å². The molecular weight excluding hydrogens is 451 g/mol. The molecule has 1 saturated heterocycles. The van der Waals surface area contributed by atoms with Crippen molar-refractivity contribution in [2.45, 2.75) is 56.5 Å². The van der Waals surface area contributed by atoms with Crippen molar-refractivity contribution in [1.82, 2.24) is 15.5 Å². The van der Waals surface area contributed by atoms with Gasteiger partial charge in [0.1, 0.15) is 0 Å². The molecule has 2 saturated carbocycles. The Labute approximate surface area is 179 Å². The number of rotatable bonds is 4. The van der Waals surface area contributed by atoms with Gasteiger partial charge in [-0.3, -0.25) is 9.79 Å². The fraction of sp³-hybridized carbons (Fsp3) is 0.619. The van der Waals surface area contributed by atoms with Crippen molar-refractivity contribution < 1.29 is 4.79 Å². The summed E-state index contributed by atoms with van der Waals surface area (Å²) < 4.78 is 0. The quantitative estimate of drug-likeness (QED) is 0.394. The molecule has 1 amide bonds. The fourth-order valence-corrected chi connectivity index (χ4v) is 4.47. The van der Waals surface area contributed by atoms with E-state index in [4.69, 9.17) is 0 Å². The molecule has 0 radical (unpaired) electrons. The first kappa shape index (κ1) is 20.4. The second-order valence-electron chi connectivity index (χ2n) is 7.97. The smallest absolute Gasteiger partial charge is 0.225 e. The predicted molar refractivity (Wildman–Crippen MR) is 120 cm³/mol. The molecule has 3 unspecified atom stereocenters. The van der Waals surface area contributed by atoms with Crippen LogP contribution in [0.1, 0.15) is 50.0 Å². The molecule has 1 heterocycles. The molecule has 148 valence electrons. The molecule has 0 bridgehead atoms. The fourth-order valence-electron chi connectivity index (χ4n) is 4.47. The van der Waals surface area contributed by atoms with Crippen LogP contribution in [0, 0.1) is 5.92 Å². The van der Waals surface area contributed by atoms with Gasteiger partial charge in [-0.25, -0.2) is 0 Å². The lowest BCUT2D eigenvalue weighted by atomic mass is 10.1. The number of carbonyl (C=O) groups is 1. The van der Waals surface area contributed by atoms with Crippen molar-refractivity contribution >= 4 is 35.8 Å². The molecule has 2 aliphatic carbocycles. The van der Waals surface area contributed by atoms with Gasteiger partial charge in [0.25, 0.3) is 0 Å². The average molecular weight is 482 g/mol. The van der Waals surface area contributed by atoms with Gasteiger partial charge in [0, 0.05) is 44.1 Å². The highest BCUT2D eigenvalue weighted by Gasteiger charge is 2.39. The molecule has 2 N–H and O–H groups in total. The highest BCUT2D eigenvalue weighted by Crippen LogP contribution is 2.40. The largest absolute Gasteiger partial charge is 0.353 e. The zero-order valence-corrected chi connectivity index (χ0v) is 18.4. The minimum absolute atomic E-state index is 0. The van der Waals surface area contributed by atoms with Crippen LogP contribution < -0.4 is 10.6 Å². The Morgan fingerprint density at radius 3 is 2.56 bits per heavy atom. The van der Waals surface area contributed by atoms with E-state index in [1.165, 1.54) is 18.4 Å². The molecule has 0 aromatic heterocycles. The van der Waals surface area contributed by atoms with E-state index in [0.717, 1.165) is 44.7 Å². The lowest BCUT2D eigenvalue weighted by Crippen LogP contribution is -2.46. The number of benzene rings is 1. The summed E-state index contributed by atoms with van der Waals surface area (Å²) in [5.41, 5.74) is 1.40. The molecule has 1 aromatic rings. The van der Waals surface area contributed by atoms with Gasteiger partial charge >= 0.3 is 0 Å². The van der Waals surface area contributed by atoms with Crippen LogP contribution in [0.15, 0.2) is 35.3 Å². The number of halogens is 1. The maximum Gasteiger partial charge on any atom is 0.225 e. The van der Waals surface area contributed by atoms with Crippen molar-refractivity contribution in [3.8, 4) is 0 Å². The van der Waals surface area contributed by atoms with Crippen LogP contribution in [-0.2, 0) is 4.79 Å². The number of aliphatic imine (C=N–C) groups is 1.